The summed E-state index contributed by atoms with van der Waals surface area (Å²) in [6.07, 6.45) is 31.8. The number of rotatable bonds is 21. The van der Waals surface area contributed by atoms with Crippen LogP contribution in [0.25, 0.3) is 0 Å². The van der Waals surface area contributed by atoms with E-state index < -0.39 is 0 Å². The first-order valence-corrected chi connectivity index (χ1v) is 14.6. The first-order valence-electron chi connectivity index (χ1n) is 14.6. The fraction of sp³-hybridized carbons (Fsp3) is 0.742. The van der Waals surface area contributed by atoms with E-state index in [0.29, 0.717) is 6.17 Å². The second-order valence-corrected chi connectivity index (χ2v) is 10.2. The van der Waals surface area contributed by atoms with Crippen LogP contribution < -0.4 is 4.90 Å². The van der Waals surface area contributed by atoms with Crippen LogP contribution in [0, 0.1) is 0 Å². The number of benzene rings is 1. The molecule has 0 bridgehead atoms. The summed E-state index contributed by atoms with van der Waals surface area (Å²) >= 11 is 0. The molecule has 188 valence electrons. The molecule has 0 saturated carbocycles. The SMILES string of the molecule is CCCCCCCCCCCCCCN1C=CN(c2ccccc2)C1CCCCCCCC. The molecule has 0 radical (unpaired) electrons. The Balaban J connectivity index is 1.62. The highest BCUT2D eigenvalue weighted by molar-refractivity contribution is 5.51. The van der Waals surface area contributed by atoms with Gasteiger partial charge in [-0.3, -0.25) is 0 Å². The lowest BCUT2D eigenvalue weighted by molar-refractivity contribution is 0.273. The Hall–Kier alpha value is -1.44. The fourth-order valence-electron chi connectivity index (χ4n) is 5.15. The predicted octanol–water partition coefficient (Wildman–Crippen LogP) is 10.1. The van der Waals surface area contributed by atoms with E-state index >= 15 is 0 Å². The molecule has 2 rings (SSSR count). The summed E-state index contributed by atoms with van der Waals surface area (Å²) in [4.78, 5) is 5.13. The third-order valence-corrected chi connectivity index (χ3v) is 7.26. The van der Waals surface area contributed by atoms with Crippen LogP contribution in [0.3, 0.4) is 0 Å². The summed E-state index contributed by atoms with van der Waals surface area (Å²) in [5.74, 6) is 0. The summed E-state index contributed by atoms with van der Waals surface area (Å²) in [5.41, 5.74) is 1.34. The lowest BCUT2D eigenvalue weighted by atomic mass is 10.0. The monoisotopic (exact) mass is 454 g/mol. The number of hydrogen-bond acceptors (Lipinski definition) is 2. The second kappa shape index (κ2) is 18.9. The van der Waals surface area contributed by atoms with Crippen molar-refractivity contribution in [1.82, 2.24) is 4.90 Å². The quantitative estimate of drug-likeness (QED) is 0.170. The molecule has 1 heterocycles. The third kappa shape index (κ3) is 12.0. The summed E-state index contributed by atoms with van der Waals surface area (Å²) in [6.45, 7) is 5.81. The highest BCUT2D eigenvalue weighted by Gasteiger charge is 2.26. The van der Waals surface area contributed by atoms with Gasteiger partial charge in [0.1, 0.15) is 6.17 Å². The molecule has 1 unspecified atom stereocenters. The van der Waals surface area contributed by atoms with Gasteiger partial charge >= 0.3 is 0 Å². The van der Waals surface area contributed by atoms with E-state index in [4.69, 9.17) is 0 Å². The normalized spacial score (nSPS) is 15.6. The zero-order chi connectivity index (χ0) is 23.4. The van der Waals surface area contributed by atoms with Gasteiger partial charge in [-0.15, -0.1) is 0 Å². The van der Waals surface area contributed by atoms with Crippen LogP contribution >= 0.6 is 0 Å². The van der Waals surface area contributed by atoms with Gasteiger partial charge in [0, 0.05) is 24.6 Å². The van der Waals surface area contributed by atoms with E-state index in [9.17, 15) is 0 Å². The average Bonchev–Trinajstić information content (AvgIpc) is 3.25. The minimum Gasteiger partial charge on any atom is -0.356 e. The Bertz CT molecular complexity index is 582. The van der Waals surface area contributed by atoms with Crippen molar-refractivity contribution >= 4 is 5.69 Å². The largest absolute Gasteiger partial charge is 0.356 e. The van der Waals surface area contributed by atoms with E-state index in [1.807, 2.05) is 0 Å². The molecule has 0 amide bonds. The van der Waals surface area contributed by atoms with Crippen molar-refractivity contribution in [3.63, 3.8) is 0 Å². The zero-order valence-electron chi connectivity index (χ0n) is 22.2. The van der Waals surface area contributed by atoms with Gasteiger partial charge in [-0.25, -0.2) is 0 Å². The van der Waals surface area contributed by atoms with Crippen LogP contribution in [-0.2, 0) is 0 Å². The van der Waals surface area contributed by atoms with Gasteiger partial charge in [0.05, 0.1) is 0 Å². The van der Waals surface area contributed by atoms with Crippen LogP contribution in [0.1, 0.15) is 136 Å². The first-order chi connectivity index (χ1) is 16.4. The lowest BCUT2D eigenvalue weighted by Crippen LogP contribution is -2.39. The Labute approximate surface area is 206 Å². The summed E-state index contributed by atoms with van der Waals surface area (Å²) in [5, 5.41) is 0. The molecule has 0 fully saturated rings. The van der Waals surface area contributed by atoms with Gasteiger partial charge in [-0.05, 0) is 31.4 Å². The number of nitrogens with zero attached hydrogens (tertiary/aromatic N) is 2. The molecule has 2 heteroatoms. The average molecular weight is 455 g/mol. The lowest BCUT2D eigenvalue weighted by Gasteiger charge is -2.33. The van der Waals surface area contributed by atoms with Crippen LogP contribution in [0.5, 0.6) is 0 Å². The van der Waals surface area contributed by atoms with E-state index in [-0.39, 0.29) is 0 Å². The molecule has 0 spiro atoms. The minimum atomic E-state index is 0.506. The van der Waals surface area contributed by atoms with Crippen molar-refractivity contribution in [3.05, 3.63) is 42.7 Å². The molecule has 0 saturated heterocycles. The molecular weight excluding hydrogens is 400 g/mol. The van der Waals surface area contributed by atoms with Gasteiger partial charge in [-0.2, -0.15) is 0 Å². The fourth-order valence-corrected chi connectivity index (χ4v) is 5.15. The van der Waals surface area contributed by atoms with E-state index in [1.165, 1.54) is 134 Å². The number of unbranched alkanes of at least 4 members (excludes halogenated alkanes) is 16. The summed E-state index contributed by atoms with van der Waals surface area (Å²) < 4.78 is 0. The molecule has 1 aromatic rings. The number of hydrogen-bond donors (Lipinski definition) is 0. The highest BCUT2D eigenvalue weighted by Crippen LogP contribution is 2.28. The maximum atomic E-state index is 2.62. The van der Waals surface area contributed by atoms with Crippen LogP contribution in [-0.4, -0.2) is 17.6 Å². The second-order valence-electron chi connectivity index (χ2n) is 10.2. The van der Waals surface area contributed by atoms with Gasteiger partial charge < -0.3 is 9.80 Å². The van der Waals surface area contributed by atoms with Crippen molar-refractivity contribution in [2.45, 2.75) is 142 Å². The van der Waals surface area contributed by atoms with Crippen LogP contribution in [0.15, 0.2) is 42.7 Å². The number of para-hydroxylation sites is 1. The Morgan fingerprint density at radius 3 is 1.58 bits per heavy atom. The smallest absolute Gasteiger partial charge is 0.105 e. The first kappa shape index (κ1) is 27.8. The summed E-state index contributed by atoms with van der Waals surface area (Å²) in [7, 11) is 0. The summed E-state index contributed by atoms with van der Waals surface area (Å²) in [6, 6.07) is 11.0. The molecule has 1 aliphatic heterocycles. The molecule has 1 aliphatic rings. The van der Waals surface area contributed by atoms with Gasteiger partial charge in [0.2, 0.25) is 0 Å². The topological polar surface area (TPSA) is 6.48 Å². The number of anilines is 1. The van der Waals surface area contributed by atoms with Crippen LogP contribution in [0.2, 0.25) is 0 Å². The van der Waals surface area contributed by atoms with Gasteiger partial charge in [0.25, 0.3) is 0 Å². The molecule has 0 aliphatic carbocycles. The van der Waals surface area contributed by atoms with E-state index in [1.54, 1.807) is 0 Å². The van der Waals surface area contributed by atoms with E-state index in [2.05, 4.69) is 66.4 Å². The molecule has 0 N–H and O–H groups in total. The van der Waals surface area contributed by atoms with Crippen LogP contribution in [0.4, 0.5) is 5.69 Å². The van der Waals surface area contributed by atoms with Gasteiger partial charge in [-0.1, -0.05) is 135 Å². The van der Waals surface area contributed by atoms with Gasteiger partial charge in [0.15, 0.2) is 0 Å². The predicted molar refractivity (Wildman–Crippen MR) is 148 cm³/mol. The Kier molecular flexibility index (Phi) is 15.9. The molecule has 0 aromatic heterocycles. The van der Waals surface area contributed by atoms with Crippen molar-refractivity contribution in [2.24, 2.45) is 0 Å². The Morgan fingerprint density at radius 1 is 0.545 bits per heavy atom. The van der Waals surface area contributed by atoms with Crippen molar-refractivity contribution < 1.29 is 0 Å². The van der Waals surface area contributed by atoms with Crippen molar-refractivity contribution in [3.8, 4) is 0 Å². The molecule has 33 heavy (non-hydrogen) atoms. The maximum Gasteiger partial charge on any atom is 0.105 e. The zero-order valence-corrected chi connectivity index (χ0v) is 22.2. The molecule has 1 aromatic carbocycles. The van der Waals surface area contributed by atoms with Crippen molar-refractivity contribution in [2.75, 3.05) is 11.4 Å². The van der Waals surface area contributed by atoms with E-state index in [0.717, 1.165) is 0 Å². The maximum absolute atomic E-state index is 2.62. The highest BCUT2D eigenvalue weighted by atomic mass is 15.4. The molecular formula is C31H54N2. The Morgan fingerprint density at radius 2 is 1.03 bits per heavy atom. The third-order valence-electron chi connectivity index (χ3n) is 7.26. The minimum absolute atomic E-state index is 0.506. The molecule has 1 atom stereocenters. The van der Waals surface area contributed by atoms with Crippen molar-refractivity contribution in [1.29, 1.82) is 0 Å². The standard InChI is InChI=1S/C31H54N2/c1-3-5-7-9-11-12-13-14-15-16-18-23-27-32-28-29-33(30-24-20-19-21-25-30)31(32)26-22-17-10-8-6-4-2/h19-21,24-25,28-29,31H,3-18,22-23,26-27H2,1-2H3. The molecule has 2 nitrogen and oxygen atoms in total.